The van der Waals surface area contributed by atoms with E-state index in [9.17, 15) is 0 Å². The number of rotatable bonds is 25. The molecule has 0 aliphatic carbocycles. The Morgan fingerprint density at radius 2 is 1.05 bits per heavy atom. The van der Waals surface area contributed by atoms with Crippen LogP contribution in [0.25, 0.3) is 11.4 Å². The van der Waals surface area contributed by atoms with Gasteiger partial charge in [0.2, 0.25) is 0 Å². The summed E-state index contributed by atoms with van der Waals surface area (Å²) in [4.78, 5) is 8.94. The highest BCUT2D eigenvalue weighted by Gasteiger charge is 2.37. The second-order valence-corrected chi connectivity index (χ2v) is 27.0. The summed E-state index contributed by atoms with van der Waals surface area (Å²) in [5, 5.41) is 0. The van der Waals surface area contributed by atoms with Gasteiger partial charge in [-0.05, 0) is 95.4 Å². The topological polar surface area (TPSA) is 62.7 Å². The molecule has 0 atom stereocenters. The lowest BCUT2D eigenvalue weighted by Gasteiger charge is -2.37. The van der Waals surface area contributed by atoms with E-state index in [1.807, 2.05) is 24.3 Å². The van der Waals surface area contributed by atoms with E-state index in [1.165, 1.54) is 57.4 Å². The molecular weight excluding hydrogens is 620 g/mol. The summed E-state index contributed by atoms with van der Waals surface area (Å²) in [7, 11) is -5.22. The smallest absolute Gasteiger partial charge is 0.311 e. The van der Waals surface area contributed by atoms with Gasteiger partial charge in [-0.25, -0.2) is 9.97 Å². The number of hydrogen-bond acceptors (Lipinski definition) is 6. The zero-order chi connectivity index (χ0) is 32.3. The molecule has 0 radical (unpaired) electrons. The van der Waals surface area contributed by atoms with Gasteiger partial charge >= 0.3 is 8.56 Å². The standard InChI is InChI=1S/C34H61ClN2O4Si3/c1-42(2,3)40-44(6,7)41-43(4,5)28-20-16-12-10-8-9-11-14-18-26-38-32-23-21-31(22-24-32)34-36-29-33(30-37-34)39-27-19-15-13-17-25-35/h21-24,29-30H,8-20,25-28H2,1-7H3. The second kappa shape index (κ2) is 20.8. The van der Waals surface area contributed by atoms with Crippen molar-refractivity contribution >= 4 is 36.8 Å². The molecule has 2 aromatic rings. The Bertz CT molecular complexity index is 1020. The molecule has 0 aliphatic heterocycles. The lowest BCUT2D eigenvalue weighted by atomic mass is 10.1. The first kappa shape index (κ1) is 38.9. The van der Waals surface area contributed by atoms with Crippen LogP contribution in [0.4, 0.5) is 0 Å². The Labute approximate surface area is 277 Å². The van der Waals surface area contributed by atoms with Gasteiger partial charge in [0.25, 0.3) is 0 Å². The molecule has 0 aliphatic rings. The molecule has 0 saturated carbocycles. The highest BCUT2D eigenvalue weighted by atomic mass is 35.5. The van der Waals surface area contributed by atoms with E-state index in [0.29, 0.717) is 18.2 Å². The molecule has 1 aromatic carbocycles. The van der Waals surface area contributed by atoms with Crippen LogP contribution in [-0.2, 0) is 8.23 Å². The fraction of sp³-hybridized carbons (Fsp3) is 0.706. The summed E-state index contributed by atoms with van der Waals surface area (Å²) in [5.74, 6) is 3.04. The van der Waals surface area contributed by atoms with E-state index < -0.39 is 25.2 Å². The van der Waals surface area contributed by atoms with Crippen molar-refractivity contribution in [1.29, 1.82) is 0 Å². The van der Waals surface area contributed by atoms with Gasteiger partial charge in [0.1, 0.15) is 5.75 Å². The van der Waals surface area contributed by atoms with Crippen LogP contribution in [-0.4, -0.2) is 54.3 Å². The molecule has 10 heteroatoms. The quantitative estimate of drug-likeness (QED) is 0.0591. The van der Waals surface area contributed by atoms with Crippen LogP contribution in [0.15, 0.2) is 36.7 Å². The Balaban J connectivity index is 1.49. The molecular formula is C34H61ClN2O4Si3. The average molecular weight is 682 g/mol. The number of alkyl halides is 1. The van der Waals surface area contributed by atoms with Gasteiger partial charge in [-0.3, -0.25) is 0 Å². The van der Waals surface area contributed by atoms with Crippen LogP contribution in [0.3, 0.4) is 0 Å². The lowest BCUT2D eigenvalue weighted by Crippen LogP contribution is -2.51. The van der Waals surface area contributed by atoms with Crippen molar-refractivity contribution in [3.63, 3.8) is 0 Å². The van der Waals surface area contributed by atoms with Crippen molar-refractivity contribution in [1.82, 2.24) is 9.97 Å². The average Bonchev–Trinajstić information content (AvgIpc) is 2.94. The number of benzene rings is 1. The van der Waals surface area contributed by atoms with E-state index in [1.54, 1.807) is 12.4 Å². The molecule has 0 amide bonds. The van der Waals surface area contributed by atoms with E-state index in [0.717, 1.165) is 55.9 Å². The number of halogens is 1. The summed E-state index contributed by atoms with van der Waals surface area (Å²) in [6.07, 6.45) is 19.4. The van der Waals surface area contributed by atoms with Crippen molar-refractivity contribution < 1.29 is 17.7 Å². The van der Waals surface area contributed by atoms with Crippen LogP contribution in [0.5, 0.6) is 11.5 Å². The van der Waals surface area contributed by atoms with Gasteiger partial charge in [0.05, 0.1) is 25.6 Å². The third-order valence-corrected chi connectivity index (χ3v) is 17.7. The minimum atomic E-state index is -2.01. The molecule has 0 fully saturated rings. The van der Waals surface area contributed by atoms with Gasteiger partial charge in [-0.1, -0.05) is 64.2 Å². The van der Waals surface area contributed by atoms with Crippen LogP contribution in [0, 0.1) is 0 Å². The highest BCUT2D eigenvalue weighted by Crippen LogP contribution is 2.25. The summed E-state index contributed by atoms with van der Waals surface area (Å²) in [5.41, 5.74) is 0.974. The summed E-state index contributed by atoms with van der Waals surface area (Å²) in [6, 6.07) is 9.29. The maximum atomic E-state index is 6.64. The van der Waals surface area contributed by atoms with E-state index in [2.05, 4.69) is 55.8 Å². The maximum Gasteiger partial charge on any atom is 0.311 e. The number of unbranched alkanes of at least 4 members (excludes halogenated alkanes) is 11. The summed E-state index contributed by atoms with van der Waals surface area (Å²) in [6.45, 7) is 17.4. The first-order valence-corrected chi connectivity index (χ1v) is 26.9. The predicted octanol–water partition coefficient (Wildman–Crippen LogP) is 11.0. The zero-order valence-electron chi connectivity index (χ0n) is 28.9. The Hall–Kier alpha value is -1.24. The number of ether oxygens (including phenoxy) is 2. The van der Waals surface area contributed by atoms with Crippen LogP contribution < -0.4 is 9.47 Å². The number of nitrogens with zero attached hydrogens (tertiary/aromatic N) is 2. The van der Waals surface area contributed by atoms with Crippen molar-refractivity contribution in [3.05, 3.63) is 36.7 Å². The zero-order valence-corrected chi connectivity index (χ0v) is 32.6. The van der Waals surface area contributed by atoms with Gasteiger partial charge in [-0.15, -0.1) is 11.6 Å². The van der Waals surface area contributed by atoms with Gasteiger partial charge < -0.3 is 17.7 Å². The minimum absolute atomic E-state index is 0.684. The van der Waals surface area contributed by atoms with Gasteiger partial charge in [-0.2, -0.15) is 0 Å². The minimum Gasteiger partial charge on any atom is -0.494 e. The molecule has 2 rings (SSSR count). The fourth-order valence-corrected chi connectivity index (χ4v) is 19.0. The SMILES string of the molecule is C[Si](C)(C)O[Si](C)(C)O[Si](C)(C)CCCCCCCCCCCOc1ccc(-c2ncc(OCCCCCCCl)cn2)cc1. The van der Waals surface area contributed by atoms with Gasteiger partial charge in [0.15, 0.2) is 28.2 Å². The van der Waals surface area contributed by atoms with E-state index in [-0.39, 0.29) is 0 Å². The van der Waals surface area contributed by atoms with E-state index >= 15 is 0 Å². The highest BCUT2D eigenvalue weighted by molar-refractivity contribution is 6.87. The normalized spacial score (nSPS) is 12.5. The second-order valence-electron chi connectivity index (χ2n) is 14.0. The molecule has 0 spiro atoms. The third-order valence-electron chi connectivity index (χ3n) is 7.30. The first-order valence-electron chi connectivity index (χ1n) is 17.0. The number of aromatic nitrogens is 2. The predicted molar refractivity (Wildman–Crippen MR) is 194 cm³/mol. The van der Waals surface area contributed by atoms with Crippen molar-refractivity contribution in [2.45, 2.75) is 135 Å². The lowest BCUT2D eigenvalue weighted by molar-refractivity contribution is 0.302. The number of hydrogen-bond donors (Lipinski definition) is 0. The first-order chi connectivity index (χ1) is 20.9. The molecule has 6 nitrogen and oxygen atoms in total. The Kier molecular flexibility index (Phi) is 18.4. The molecule has 0 bridgehead atoms. The fourth-order valence-electron chi connectivity index (χ4n) is 5.54. The molecule has 0 unspecified atom stereocenters. The molecule has 0 saturated heterocycles. The monoisotopic (exact) mass is 680 g/mol. The van der Waals surface area contributed by atoms with E-state index in [4.69, 9.17) is 29.3 Å². The third kappa shape index (κ3) is 18.7. The van der Waals surface area contributed by atoms with Crippen LogP contribution >= 0.6 is 11.6 Å². The molecule has 1 heterocycles. The Morgan fingerprint density at radius 1 is 0.568 bits per heavy atom. The van der Waals surface area contributed by atoms with Crippen molar-refractivity contribution in [3.8, 4) is 22.9 Å². The molecule has 250 valence electrons. The Morgan fingerprint density at radius 3 is 1.57 bits per heavy atom. The van der Waals surface area contributed by atoms with Crippen LogP contribution in [0.1, 0.15) is 83.5 Å². The molecule has 44 heavy (non-hydrogen) atoms. The van der Waals surface area contributed by atoms with Gasteiger partial charge in [0, 0.05) is 11.4 Å². The summed E-state index contributed by atoms with van der Waals surface area (Å²) >= 11 is 5.72. The van der Waals surface area contributed by atoms with Crippen molar-refractivity contribution in [2.24, 2.45) is 0 Å². The molecule has 1 aromatic heterocycles. The summed E-state index contributed by atoms with van der Waals surface area (Å²) < 4.78 is 24.8. The maximum absolute atomic E-state index is 6.64. The largest absolute Gasteiger partial charge is 0.494 e. The molecule has 0 N–H and O–H groups in total. The van der Waals surface area contributed by atoms with Crippen molar-refractivity contribution in [2.75, 3.05) is 19.1 Å². The van der Waals surface area contributed by atoms with Crippen LogP contribution in [0.2, 0.25) is 51.9 Å².